The topological polar surface area (TPSA) is 115 Å². The number of rotatable bonds is 10. The Labute approximate surface area is 152 Å². The number of nitrogens with two attached hydrogens (primary N) is 1. The SMILES string of the molecule is C=C/C(=C\C(=C)OCP(=O)(NCC)OCC)c1c[nH]c2ncnc(N)c12. The molecule has 2 aromatic heterocycles. The number of anilines is 1. The van der Waals surface area contributed by atoms with E-state index in [4.69, 9.17) is 15.0 Å². The second-order valence-corrected chi connectivity index (χ2v) is 7.51. The fraction of sp³-hybridized carbons (Fsp3) is 0.294. The fourth-order valence-electron chi connectivity index (χ4n) is 2.42. The number of H-pyrrole nitrogens is 1. The second-order valence-electron chi connectivity index (χ2n) is 5.33. The molecule has 0 saturated carbocycles. The van der Waals surface area contributed by atoms with Gasteiger partial charge in [0.1, 0.15) is 23.6 Å². The molecule has 2 heterocycles. The average molecular weight is 377 g/mol. The number of allylic oxidation sites excluding steroid dienone is 3. The number of nitrogens with zero attached hydrogens (tertiary/aromatic N) is 2. The lowest BCUT2D eigenvalue weighted by molar-refractivity contribution is 0.239. The molecule has 4 N–H and O–H groups in total. The van der Waals surface area contributed by atoms with E-state index >= 15 is 0 Å². The van der Waals surface area contributed by atoms with Crippen LogP contribution in [-0.2, 0) is 13.8 Å². The lowest BCUT2D eigenvalue weighted by Crippen LogP contribution is -2.15. The van der Waals surface area contributed by atoms with Gasteiger partial charge in [-0.25, -0.2) is 15.1 Å². The molecule has 0 aliphatic rings. The van der Waals surface area contributed by atoms with Gasteiger partial charge in [0.15, 0.2) is 6.35 Å². The van der Waals surface area contributed by atoms with Gasteiger partial charge in [-0.3, -0.25) is 4.57 Å². The van der Waals surface area contributed by atoms with Crippen LogP contribution in [-0.4, -0.2) is 34.5 Å². The summed E-state index contributed by atoms with van der Waals surface area (Å²) in [5, 5.41) is 3.52. The summed E-state index contributed by atoms with van der Waals surface area (Å²) in [5.41, 5.74) is 8.08. The largest absolute Gasteiger partial charge is 0.483 e. The zero-order chi connectivity index (χ0) is 19.2. The normalized spacial score (nSPS) is 14.2. The molecule has 0 aliphatic heterocycles. The molecule has 1 atom stereocenters. The lowest BCUT2D eigenvalue weighted by atomic mass is 10.1. The molecule has 0 fully saturated rings. The summed E-state index contributed by atoms with van der Waals surface area (Å²) < 4.78 is 23.4. The van der Waals surface area contributed by atoms with Gasteiger partial charge in [-0.2, -0.15) is 0 Å². The van der Waals surface area contributed by atoms with Crippen molar-refractivity contribution in [2.75, 3.05) is 25.2 Å². The number of aromatic nitrogens is 3. The van der Waals surface area contributed by atoms with Crippen molar-refractivity contribution >= 4 is 29.9 Å². The van der Waals surface area contributed by atoms with Gasteiger partial charge in [0.25, 0.3) is 0 Å². The summed E-state index contributed by atoms with van der Waals surface area (Å²) in [4.78, 5) is 11.2. The van der Waals surface area contributed by atoms with E-state index in [-0.39, 0.29) is 6.35 Å². The molecule has 8 nitrogen and oxygen atoms in total. The number of nitrogens with one attached hydrogen (secondary N) is 2. The van der Waals surface area contributed by atoms with E-state index in [1.165, 1.54) is 6.33 Å². The van der Waals surface area contributed by atoms with Crippen molar-refractivity contribution in [3.63, 3.8) is 0 Å². The van der Waals surface area contributed by atoms with Crippen molar-refractivity contribution in [2.24, 2.45) is 0 Å². The van der Waals surface area contributed by atoms with E-state index < -0.39 is 7.52 Å². The Kier molecular flexibility index (Phi) is 6.74. The molecule has 0 saturated heterocycles. The van der Waals surface area contributed by atoms with Crippen molar-refractivity contribution in [3.05, 3.63) is 49.2 Å². The maximum absolute atomic E-state index is 12.5. The highest BCUT2D eigenvalue weighted by atomic mass is 31.2. The van der Waals surface area contributed by atoms with Crippen LogP contribution in [0, 0.1) is 0 Å². The Morgan fingerprint density at radius 2 is 2.23 bits per heavy atom. The van der Waals surface area contributed by atoms with Crippen LogP contribution in [0.25, 0.3) is 16.6 Å². The van der Waals surface area contributed by atoms with Crippen LogP contribution >= 0.6 is 7.52 Å². The van der Waals surface area contributed by atoms with Gasteiger partial charge in [0, 0.05) is 18.3 Å². The fourth-order valence-corrected chi connectivity index (χ4v) is 3.91. The van der Waals surface area contributed by atoms with E-state index in [0.717, 1.165) is 11.1 Å². The van der Waals surface area contributed by atoms with Crippen LogP contribution in [0.15, 0.2) is 43.6 Å². The molecule has 0 aliphatic carbocycles. The number of hydrogen-bond donors (Lipinski definition) is 3. The van der Waals surface area contributed by atoms with Gasteiger partial charge in [-0.1, -0.05) is 26.2 Å². The molecule has 2 aromatic rings. The quantitative estimate of drug-likeness (QED) is 0.330. The molecule has 0 radical (unpaired) electrons. The highest BCUT2D eigenvalue weighted by Crippen LogP contribution is 2.42. The monoisotopic (exact) mass is 377 g/mol. The summed E-state index contributed by atoms with van der Waals surface area (Å²) in [5.74, 6) is 0.682. The third-order valence-electron chi connectivity index (χ3n) is 3.50. The van der Waals surface area contributed by atoms with Crippen LogP contribution in [0.5, 0.6) is 0 Å². The predicted octanol–water partition coefficient (Wildman–Crippen LogP) is 3.44. The van der Waals surface area contributed by atoms with Gasteiger partial charge in [0.05, 0.1) is 12.0 Å². The first-order valence-corrected chi connectivity index (χ1v) is 9.97. The maximum atomic E-state index is 12.5. The zero-order valence-corrected chi connectivity index (χ0v) is 15.9. The molecule has 2 rings (SSSR count). The summed E-state index contributed by atoms with van der Waals surface area (Å²) >= 11 is 0. The molecular weight excluding hydrogens is 353 g/mol. The van der Waals surface area contributed by atoms with Crippen molar-refractivity contribution in [2.45, 2.75) is 13.8 Å². The minimum atomic E-state index is -3.07. The van der Waals surface area contributed by atoms with E-state index in [2.05, 4.69) is 33.2 Å². The van der Waals surface area contributed by atoms with Crippen LogP contribution in [0.1, 0.15) is 19.4 Å². The summed E-state index contributed by atoms with van der Waals surface area (Å²) in [6, 6.07) is 0. The second kappa shape index (κ2) is 8.80. The molecule has 26 heavy (non-hydrogen) atoms. The Balaban J connectivity index is 2.21. The standard InChI is InChI=1S/C17H24N5O3P/c1-5-13(14-9-19-17-15(14)16(18)20-10-21-17)8-12(4)24-11-26(23,22-6-2)25-7-3/h5,8-10H,1,4,6-7,11H2,2-3H3,(H,22,23)(H3,18,19,20,21)/b13-8+. The summed E-state index contributed by atoms with van der Waals surface area (Å²) in [6.07, 6.45) is 6.37. The maximum Gasteiger partial charge on any atom is 0.306 e. The molecular formula is C17H24N5O3P. The number of fused-ring (bicyclic) bond motifs is 1. The average Bonchev–Trinajstić information content (AvgIpc) is 3.04. The highest BCUT2D eigenvalue weighted by Gasteiger charge is 2.22. The van der Waals surface area contributed by atoms with E-state index in [0.29, 0.717) is 35.8 Å². The van der Waals surface area contributed by atoms with Crippen LogP contribution in [0.2, 0.25) is 0 Å². The van der Waals surface area contributed by atoms with E-state index in [1.807, 2.05) is 6.92 Å². The van der Waals surface area contributed by atoms with E-state index in [9.17, 15) is 4.57 Å². The number of aromatic amines is 1. The van der Waals surface area contributed by atoms with Crippen LogP contribution in [0.3, 0.4) is 0 Å². The van der Waals surface area contributed by atoms with Crippen LogP contribution in [0.4, 0.5) is 5.82 Å². The Hall–Kier alpha value is -2.41. The smallest absolute Gasteiger partial charge is 0.306 e. The Bertz CT molecular complexity index is 864. The zero-order valence-electron chi connectivity index (χ0n) is 15.0. The van der Waals surface area contributed by atoms with E-state index in [1.54, 1.807) is 25.3 Å². The van der Waals surface area contributed by atoms with Crippen molar-refractivity contribution < 1.29 is 13.8 Å². The van der Waals surface area contributed by atoms with Crippen molar-refractivity contribution in [1.82, 2.24) is 20.0 Å². The Morgan fingerprint density at radius 1 is 1.46 bits per heavy atom. The molecule has 1 unspecified atom stereocenters. The van der Waals surface area contributed by atoms with Crippen molar-refractivity contribution in [1.29, 1.82) is 0 Å². The third-order valence-corrected chi connectivity index (χ3v) is 5.45. The molecule has 9 heteroatoms. The number of ether oxygens (including phenoxy) is 1. The minimum Gasteiger partial charge on any atom is -0.483 e. The first kappa shape index (κ1) is 19.9. The number of hydrogen-bond acceptors (Lipinski definition) is 6. The molecule has 0 bridgehead atoms. The van der Waals surface area contributed by atoms with Gasteiger partial charge in [-0.15, -0.1) is 0 Å². The first-order valence-electron chi connectivity index (χ1n) is 8.16. The highest BCUT2D eigenvalue weighted by molar-refractivity contribution is 7.56. The molecule has 0 amide bonds. The van der Waals surface area contributed by atoms with Gasteiger partial charge in [0.2, 0.25) is 0 Å². The molecule has 0 spiro atoms. The minimum absolute atomic E-state index is 0.117. The lowest BCUT2D eigenvalue weighted by Gasteiger charge is -2.18. The van der Waals surface area contributed by atoms with Crippen LogP contribution < -0.4 is 10.8 Å². The predicted molar refractivity (Wildman–Crippen MR) is 104 cm³/mol. The van der Waals surface area contributed by atoms with Gasteiger partial charge in [-0.05, 0) is 18.6 Å². The summed E-state index contributed by atoms with van der Waals surface area (Å²) in [6.45, 7) is 12.1. The Morgan fingerprint density at radius 3 is 2.88 bits per heavy atom. The summed E-state index contributed by atoms with van der Waals surface area (Å²) in [7, 11) is -3.07. The third kappa shape index (κ3) is 4.60. The first-order chi connectivity index (χ1) is 12.4. The van der Waals surface area contributed by atoms with Gasteiger partial charge >= 0.3 is 7.52 Å². The van der Waals surface area contributed by atoms with Gasteiger partial charge < -0.3 is 20.0 Å². The number of nitrogen functional groups attached to an aromatic ring is 1. The van der Waals surface area contributed by atoms with Crippen molar-refractivity contribution in [3.8, 4) is 0 Å². The molecule has 0 aromatic carbocycles. The molecule has 140 valence electrons.